The SMILES string of the molecule is CC1(C)OCC(COc2cncc(NC(=O)N3c4nc(-c5cccc(C(F)(F)F)c5)c(Cl)cc4N4CCC[C@H]3C4)n2)O1. The smallest absolute Gasteiger partial charge is 0.416 e. The summed E-state index contributed by atoms with van der Waals surface area (Å²) in [6, 6.07) is 5.73. The second-order valence-corrected chi connectivity index (χ2v) is 11.2. The Morgan fingerprint density at radius 1 is 1.24 bits per heavy atom. The van der Waals surface area contributed by atoms with Crippen LogP contribution in [0.4, 0.5) is 35.3 Å². The Hall–Kier alpha value is -3.68. The molecule has 10 nitrogen and oxygen atoms in total. The van der Waals surface area contributed by atoms with Gasteiger partial charge < -0.3 is 19.1 Å². The molecule has 222 valence electrons. The maximum atomic E-state index is 13.7. The number of benzene rings is 1. The number of aromatic nitrogens is 3. The van der Waals surface area contributed by atoms with Crippen molar-refractivity contribution in [2.24, 2.45) is 0 Å². The number of ether oxygens (including phenoxy) is 3. The molecule has 3 aromatic rings. The summed E-state index contributed by atoms with van der Waals surface area (Å²) in [5, 5.41) is 2.97. The van der Waals surface area contributed by atoms with Crippen molar-refractivity contribution in [1.29, 1.82) is 0 Å². The van der Waals surface area contributed by atoms with Crippen molar-refractivity contribution in [1.82, 2.24) is 15.0 Å². The van der Waals surface area contributed by atoms with Crippen LogP contribution < -0.4 is 19.9 Å². The molecule has 0 radical (unpaired) electrons. The fourth-order valence-electron chi connectivity index (χ4n) is 5.42. The van der Waals surface area contributed by atoms with Crippen molar-refractivity contribution in [3.8, 4) is 17.1 Å². The number of nitrogens with one attached hydrogen (secondary N) is 1. The van der Waals surface area contributed by atoms with E-state index in [-0.39, 0.29) is 46.7 Å². The first-order valence-corrected chi connectivity index (χ1v) is 13.8. The van der Waals surface area contributed by atoms with Crippen LogP contribution in [-0.4, -0.2) is 65.2 Å². The normalized spacial score (nSPS) is 21.2. The molecular weight excluding hydrogens is 577 g/mol. The number of alkyl halides is 3. The largest absolute Gasteiger partial charge is 0.474 e. The highest BCUT2D eigenvalue weighted by molar-refractivity contribution is 6.33. The first-order valence-electron chi connectivity index (χ1n) is 13.5. The second-order valence-electron chi connectivity index (χ2n) is 10.8. The number of fused-ring (bicyclic) bond motifs is 4. The van der Waals surface area contributed by atoms with Crippen molar-refractivity contribution < 1.29 is 32.2 Å². The van der Waals surface area contributed by atoms with Gasteiger partial charge in [0.15, 0.2) is 17.4 Å². The van der Waals surface area contributed by atoms with Crippen LogP contribution in [0.3, 0.4) is 0 Å². The predicted molar refractivity (Wildman–Crippen MR) is 149 cm³/mol. The van der Waals surface area contributed by atoms with E-state index in [9.17, 15) is 18.0 Å². The number of piperidine rings is 1. The summed E-state index contributed by atoms with van der Waals surface area (Å²) in [4.78, 5) is 30.5. The third-order valence-corrected chi connectivity index (χ3v) is 7.57. The van der Waals surface area contributed by atoms with Gasteiger partial charge in [-0.3, -0.25) is 15.2 Å². The zero-order valence-corrected chi connectivity index (χ0v) is 23.6. The van der Waals surface area contributed by atoms with Gasteiger partial charge in [0.05, 0.1) is 47.0 Å². The highest BCUT2D eigenvalue weighted by Gasteiger charge is 2.39. The highest BCUT2D eigenvalue weighted by Crippen LogP contribution is 2.43. The van der Waals surface area contributed by atoms with Crippen molar-refractivity contribution in [3.63, 3.8) is 0 Å². The molecule has 14 heteroatoms. The summed E-state index contributed by atoms with van der Waals surface area (Å²) >= 11 is 6.57. The van der Waals surface area contributed by atoms with E-state index < -0.39 is 23.6 Å². The summed E-state index contributed by atoms with van der Waals surface area (Å²) < 4.78 is 57.3. The number of urea groups is 1. The van der Waals surface area contributed by atoms with E-state index in [0.29, 0.717) is 24.7 Å². The summed E-state index contributed by atoms with van der Waals surface area (Å²) in [6.45, 7) is 5.52. The molecule has 2 atom stereocenters. The second kappa shape index (κ2) is 10.9. The Bertz CT molecular complexity index is 1510. The molecule has 2 aromatic heterocycles. The van der Waals surface area contributed by atoms with Crippen molar-refractivity contribution in [3.05, 3.63) is 53.3 Å². The van der Waals surface area contributed by atoms with Crippen LogP contribution >= 0.6 is 11.6 Å². The molecular formula is C28H28ClF3N6O4. The van der Waals surface area contributed by atoms with Crippen LogP contribution in [0.5, 0.6) is 5.88 Å². The number of pyridine rings is 1. The molecule has 3 aliphatic heterocycles. The average Bonchev–Trinajstić information content (AvgIpc) is 3.30. The average molecular weight is 605 g/mol. The van der Waals surface area contributed by atoms with E-state index >= 15 is 0 Å². The van der Waals surface area contributed by atoms with Gasteiger partial charge >= 0.3 is 12.2 Å². The first kappa shape index (κ1) is 28.4. The maximum Gasteiger partial charge on any atom is 0.416 e. The van der Waals surface area contributed by atoms with Gasteiger partial charge in [0.25, 0.3) is 0 Å². The zero-order chi connectivity index (χ0) is 29.6. The fourth-order valence-corrected chi connectivity index (χ4v) is 5.67. The van der Waals surface area contributed by atoms with Crippen LogP contribution in [0.25, 0.3) is 11.3 Å². The van der Waals surface area contributed by atoms with Crippen molar-refractivity contribution in [2.45, 2.75) is 50.8 Å². The van der Waals surface area contributed by atoms with Gasteiger partial charge in [0.1, 0.15) is 12.7 Å². The Morgan fingerprint density at radius 3 is 2.83 bits per heavy atom. The molecule has 6 rings (SSSR count). The summed E-state index contributed by atoms with van der Waals surface area (Å²) in [5.41, 5.74) is 0.158. The molecule has 0 spiro atoms. The molecule has 42 heavy (non-hydrogen) atoms. The van der Waals surface area contributed by atoms with Gasteiger partial charge in [-0.2, -0.15) is 18.2 Å². The number of amides is 2. The minimum absolute atomic E-state index is 0.150. The Balaban J connectivity index is 1.27. The van der Waals surface area contributed by atoms with Crippen LogP contribution in [-0.2, 0) is 15.7 Å². The van der Waals surface area contributed by atoms with Gasteiger partial charge in [-0.15, -0.1) is 0 Å². The lowest BCUT2D eigenvalue weighted by atomic mass is 9.99. The van der Waals surface area contributed by atoms with Crippen LogP contribution in [0.2, 0.25) is 5.02 Å². The van der Waals surface area contributed by atoms with E-state index in [1.54, 1.807) is 6.07 Å². The first-order chi connectivity index (χ1) is 20.0. The van der Waals surface area contributed by atoms with Gasteiger partial charge in [-0.1, -0.05) is 23.7 Å². The van der Waals surface area contributed by atoms with Gasteiger partial charge in [0, 0.05) is 18.7 Å². The van der Waals surface area contributed by atoms with Crippen LogP contribution in [0.15, 0.2) is 42.7 Å². The molecule has 1 N–H and O–H groups in total. The number of rotatable bonds is 5. The van der Waals surface area contributed by atoms with E-state index in [0.717, 1.165) is 31.5 Å². The summed E-state index contributed by atoms with van der Waals surface area (Å²) in [7, 11) is 0. The van der Waals surface area contributed by atoms with Gasteiger partial charge in [-0.05, 0) is 44.9 Å². The van der Waals surface area contributed by atoms with Crippen molar-refractivity contribution in [2.75, 3.05) is 41.4 Å². The lowest BCUT2D eigenvalue weighted by Crippen LogP contribution is -2.56. The highest BCUT2D eigenvalue weighted by atomic mass is 35.5. The van der Waals surface area contributed by atoms with Crippen LogP contribution in [0, 0.1) is 0 Å². The molecule has 2 amide bonds. The molecule has 3 aliphatic rings. The summed E-state index contributed by atoms with van der Waals surface area (Å²) in [5.74, 6) is -0.0237. The molecule has 1 unspecified atom stereocenters. The lowest BCUT2D eigenvalue weighted by molar-refractivity contribution is -0.141. The fraction of sp³-hybridized carbons (Fsp3) is 0.429. The minimum atomic E-state index is -4.53. The standard InChI is InChI=1S/C28H28ClF3N6O4/c1-27(2)41-15-19(42-27)14-40-23-12-33-11-22(34-23)35-26(39)38-18-7-4-8-37(13-18)21-10-20(29)24(36-25(21)38)16-5-3-6-17(9-16)28(30,31)32/h3,5-6,9-12,18-19H,4,7-8,13-15H2,1-2H3,(H,34,35,39)/t18-,19?/m0/s1. The molecule has 0 aliphatic carbocycles. The number of hydrogen-bond acceptors (Lipinski definition) is 8. The number of nitrogens with zero attached hydrogens (tertiary/aromatic N) is 5. The maximum absolute atomic E-state index is 13.7. The van der Waals surface area contributed by atoms with Gasteiger partial charge in [-0.25, -0.2) is 9.78 Å². The Morgan fingerprint density at radius 2 is 2.07 bits per heavy atom. The topological polar surface area (TPSA) is 102 Å². The zero-order valence-electron chi connectivity index (χ0n) is 22.8. The Labute approximate surface area is 244 Å². The third kappa shape index (κ3) is 5.81. The number of halogens is 4. The minimum Gasteiger partial charge on any atom is -0.474 e. The van der Waals surface area contributed by atoms with E-state index in [1.165, 1.54) is 29.4 Å². The Kier molecular flexibility index (Phi) is 7.36. The number of carbonyl (C=O) groups is 1. The van der Waals surface area contributed by atoms with E-state index in [1.807, 2.05) is 13.8 Å². The number of hydrogen-bond donors (Lipinski definition) is 1. The van der Waals surface area contributed by atoms with Gasteiger partial charge in [0.2, 0.25) is 5.88 Å². The lowest BCUT2D eigenvalue weighted by Gasteiger charge is -2.46. The van der Waals surface area contributed by atoms with Crippen LogP contribution in [0.1, 0.15) is 32.3 Å². The third-order valence-electron chi connectivity index (χ3n) is 7.28. The molecule has 2 fully saturated rings. The van der Waals surface area contributed by atoms with E-state index in [4.69, 9.17) is 25.8 Å². The quantitative estimate of drug-likeness (QED) is 0.392. The molecule has 2 bridgehead atoms. The molecule has 5 heterocycles. The summed E-state index contributed by atoms with van der Waals surface area (Å²) in [6.07, 6.45) is -0.419. The molecule has 2 saturated heterocycles. The predicted octanol–water partition coefficient (Wildman–Crippen LogP) is 5.76. The van der Waals surface area contributed by atoms with Crippen molar-refractivity contribution >= 4 is 35.0 Å². The molecule has 0 saturated carbocycles. The molecule has 1 aromatic carbocycles. The number of anilines is 3. The number of carbonyl (C=O) groups excluding carboxylic acids is 1. The monoisotopic (exact) mass is 604 g/mol. The van der Waals surface area contributed by atoms with E-state index in [2.05, 4.69) is 25.2 Å².